The fourth-order valence-electron chi connectivity index (χ4n) is 2.14. The number of hydrogen-bond acceptors (Lipinski definition) is 4. The number of fused-ring (bicyclic) bond motifs is 1. The minimum atomic E-state index is -0.482. The first-order valence-corrected chi connectivity index (χ1v) is 8.27. The molecule has 0 saturated carbocycles. The maximum absolute atomic E-state index is 11.5. The summed E-state index contributed by atoms with van der Waals surface area (Å²) in [7, 11) is 0. The van der Waals surface area contributed by atoms with Gasteiger partial charge >= 0.3 is 0 Å². The lowest BCUT2D eigenvalue weighted by molar-refractivity contribution is 0.100. The summed E-state index contributed by atoms with van der Waals surface area (Å²) in [5.74, 6) is 0.729. The molecule has 7 heteroatoms. The number of nitrogens with two attached hydrogens (primary N) is 1. The van der Waals surface area contributed by atoms with Gasteiger partial charge < -0.3 is 10.5 Å². The lowest BCUT2D eigenvalue weighted by atomic mass is 10.1. The molecule has 2 aromatic heterocycles. The van der Waals surface area contributed by atoms with Gasteiger partial charge in [0.15, 0.2) is 5.75 Å². The Morgan fingerprint density at radius 2 is 2.05 bits per heavy atom. The molecule has 0 atom stereocenters. The van der Waals surface area contributed by atoms with Gasteiger partial charge in [0, 0.05) is 9.86 Å². The van der Waals surface area contributed by atoms with Gasteiger partial charge in [-0.1, -0.05) is 27.5 Å². The number of halogens is 2. The minimum Gasteiger partial charge on any atom is -0.455 e. The minimum absolute atomic E-state index is 0.332. The van der Waals surface area contributed by atoms with Crippen molar-refractivity contribution >= 4 is 54.9 Å². The number of carbonyl (C=O) groups excluding carboxylic acids is 1. The second-order valence-electron chi connectivity index (χ2n) is 4.59. The third-order valence-corrected chi connectivity index (χ3v) is 5.38. The third-order valence-electron chi connectivity index (χ3n) is 3.14. The number of rotatable bonds is 3. The number of amides is 1. The van der Waals surface area contributed by atoms with E-state index in [1.54, 1.807) is 6.20 Å². The zero-order valence-corrected chi connectivity index (χ0v) is 14.6. The fraction of sp³-hybridized carbons (Fsp3) is 0.0667. The number of ether oxygens (including phenoxy) is 1. The van der Waals surface area contributed by atoms with E-state index in [1.165, 1.54) is 11.3 Å². The lowest BCUT2D eigenvalue weighted by Crippen LogP contribution is -2.09. The van der Waals surface area contributed by atoms with Gasteiger partial charge in [0.25, 0.3) is 5.91 Å². The molecular weight excluding hydrogens is 388 g/mol. The van der Waals surface area contributed by atoms with Crippen molar-refractivity contribution in [3.05, 3.63) is 50.5 Å². The average Bonchev–Trinajstić information content (AvgIpc) is 2.83. The van der Waals surface area contributed by atoms with Crippen molar-refractivity contribution in [2.24, 2.45) is 5.73 Å². The zero-order valence-electron chi connectivity index (χ0n) is 11.4. The maximum atomic E-state index is 11.5. The van der Waals surface area contributed by atoms with Crippen LogP contribution < -0.4 is 10.5 Å². The largest absolute Gasteiger partial charge is 0.455 e. The van der Waals surface area contributed by atoms with Gasteiger partial charge in [0.2, 0.25) is 0 Å². The van der Waals surface area contributed by atoms with Crippen LogP contribution in [0.2, 0.25) is 5.15 Å². The third kappa shape index (κ3) is 2.69. The van der Waals surface area contributed by atoms with Crippen LogP contribution in [0.3, 0.4) is 0 Å². The Kier molecular flexibility index (Phi) is 4.08. The monoisotopic (exact) mass is 396 g/mol. The molecule has 0 spiro atoms. The number of pyridine rings is 1. The predicted molar refractivity (Wildman–Crippen MR) is 92.1 cm³/mol. The van der Waals surface area contributed by atoms with E-state index in [4.69, 9.17) is 22.1 Å². The number of benzene rings is 1. The Balaban J connectivity index is 2.15. The van der Waals surface area contributed by atoms with Gasteiger partial charge in [-0.25, -0.2) is 4.98 Å². The molecule has 4 nitrogen and oxygen atoms in total. The molecule has 22 heavy (non-hydrogen) atoms. The highest BCUT2D eigenvalue weighted by atomic mass is 79.9. The molecule has 0 aliphatic rings. The number of thiophene rings is 1. The van der Waals surface area contributed by atoms with E-state index in [1.807, 2.05) is 31.2 Å². The highest BCUT2D eigenvalue weighted by Gasteiger charge is 2.19. The van der Waals surface area contributed by atoms with Crippen LogP contribution >= 0.6 is 38.9 Å². The van der Waals surface area contributed by atoms with Gasteiger partial charge in [-0.2, -0.15) is 0 Å². The quantitative estimate of drug-likeness (QED) is 0.638. The number of aromatic nitrogens is 1. The van der Waals surface area contributed by atoms with Crippen molar-refractivity contribution in [1.82, 2.24) is 4.98 Å². The Morgan fingerprint density at radius 1 is 1.36 bits per heavy atom. The first-order chi connectivity index (χ1) is 10.5. The Bertz CT molecular complexity index is 877. The van der Waals surface area contributed by atoms with Crippen molar-refractivity contribution in [2.45, 2.75) is 6.92 Å². The summed E-state index contributed by atoms with van der Waals surface area (Å²) < 4.78 is 7.55. The van der Waals surface area contributed by atoms with Crippen molar-refractivity contribution in [1.29, 1.82) is 0 Å². The SMILES string of the molecule is Cc1c(C(N)=O)sc2c(Cl)ncc(Oc3ccc(Br)cc3)c12. The van der Waals surface area contributed by atoms with E-state index in [9.17, 15) is 4.79 Å². The predicted octanol–water partition coefficient (Wildman–Crippen LogP) is 4.91. The van der Waals surface area contributed by atoms with E-state index in [2.05, 4.69) is 20.9 Å². The number of hydrogen-bond donors (Lipinski definition) is 1. The number of aryl methyl sites for hydroxylation is 1. The molecular formula is C15H10BrClN2O2S. The summed E-state index contributed by atoms with van der Waals surface area (Å²) in [6.07, 6.45) is 1.55. The molecule has 0 aliphatic heterocycles. The molecule has 0 aliphatic carbocycles. The average molecular weight is 398 g/mol. The second-order valence-corrected chi connectivity index (χ2v) is 6.89. The van der Waals surface area contributed by atoms with Crippen LogP contribution in [-0.4, -0.2) is 10.9 Å². The molecule has 0 bridgehead atoms. The summed E-state index contributed by atoms with van der Waals surface area (Å²) in [5.41, 5.74) is 6.16. The molecule has 1 aromatic carbocycles. The fourth-order valence-corrected chi connectivity index (χ4v) is 3.71. The zero-order chi connectivity index (χ0) is 15.9. The van der Waals surface area contributed by atoms with E-state index in [-0.39, 0.29) is 0 Å². The summed E-state index contributed by atoms with van der Waals surface area (Å²) in [5, 5.41) is 1.10. The van der Waals surface area contributed by atoms with Crippen LogP contribution in [-0.2, 0) is 0 Å². The smallest absolute Gasteiger partial charge is 0.259 e. The van der Waals surface area contributed by atoms with Crippen molar-refractivity contribution in [2.75, 3.05) is 0 Å². The van der Waals surface area contributed by atoms with Crippen molar-refractivity contribution in [3.8, 4) is 11.5 Å². The summed E-state index contributed by atoms with van der Waals surface area (Å²) >= 11 is 10.7. The number of nitrogens with zero attached hydrogens (tertiary/aromatic N) is 1. The summed E-state index contributed by atoms with van der Waals surface area (Å²) in [4.78, 5) is 16.1. The van der Waals surface area contributed by atoms with Crippen LogP contribution in [0, 0.1) is 6.92 Å². The Hall–Kier alpha value is -1.63. The van der Waals surface area contributed by atoms with Crippen LogP contribution in [0.25, 0.3) is 10.1 Å². The molecule has 3 aromatic rings. The molecule has 0 fully saturated rings. The van der Waals surface area contributed by atoms with Crippen LogP contribution in [0.5, 0.6) is 11.5 Å². The molecule has 112 valence electrons. The van der Waals surface area contributed by atoms with Gasteiger partial charge in [0.05, 0.1) is 15.8 Å². The van der Waals surface area contributed by atoms with E-state index >= 15 is 0 Å². The van der Waals surface area contributed by atoms with Crippen LogP contribution in [0.1, 0.15) is 15.2 Å². The summed E-state index contributed by atoms with van der Waals surface area (Å²) in [6, 6.07) is 7.43. The van der Waals surface area contributed by atoms with Crippen molar-refractivity contribution in [3.63, 3.8) is 0 Å². The van der Waals surface area contributed by atoms with Gasteiger partial charge in [-0.05, 0) is 36.8 Å². The molecule has 3 rings (SSSR count). The van der Waals surface area contributed by atoms with E-state index in [0.29, 0.717) is 26.2 Å². The van der Waals surface area contributed by atoms with Crippen molar-refractivity contribution < 1.29 is 9.53 Å². The van der Waals surface area contributed by atoms with E-state index < -0.39 is 5.91 Å². The van der Waals surface area contributed by atoms with E-state index in [0.717, 1.165) is 15.4 Å². The second kappa shape index (κ2) is 5.87. The molecule has 0 unspecified atom stereocenters. The molecule has 2 heterocycles. The Morgan fingerprint density at radius 3 is 2.68 bits per heavy atom. The standard InChI is InChI=1S/C15H10BrClN2O2S/c1-7-11-10(21-9-4-2-8(16)3-5-9)6-19-14(17)13(11)22-12(7)15(18)20/h2-6H,1H3,(H2,18,20). The maximum Gasteiger partial charge on any atom is 0.259 e. The molecule has 2 N–H and O–H groups in total. The number of primary amides is 1. The van der Waals surface area contributed by atoms with Crippen LogP contribution in [0.15, 0.2) is 34.9 Å². The highest BCUT2D eigenvalue weighted by molar-refractivity contribution is 9.10. The molecule has 0 saturated heterocycles. The van der Waals surface area contributed by atoms with Gasteiger partial charge in [0.1, 0.15) is 10.9 Å². The lowest BCUT2D eigenvalue weighted by Gasteiger charge is -2.08. The van der Waals surface area contributed by atoms with Gasteiger partial charge in [-0.3, -0.25) is 4.79 Å². The molecule has 1 amide bonds. The highest BCUT2D eigenvalue weighted by Crippen LogP contribution is 2.41. The normalized spacial score (nSPS) is 10.9. The first kappa shape index (κ1) is 15.3. The Labute approximate surface area is 144 Å². The molecule has 0 radical (unpaired) electrons. The first-order valence-electron chi connectivity index (χ1n) is 6.28. The number of carbonyl (C=O) groups is 1. The summed E-state index contributed by atoms with van der Waals surface area (Å²) in [6.45, 7) is 1.82. The van der Waals surface area contributed by atoms with Crippen LogP contribution in [0.4, 0.5) is 0 Å². The van der Waals surface area contributed by atoms with Gasteiger partial charge in [-0.15, -0.1) is 11.3 Å². The topological polar surface area (TPSA) is 65.2 Å².